The molecule has 4 heteroatoms. The van der Waals surface area contributed by atoms with Gasteiger partial charge in [-0.2, -0.15) is 0 Å². The van der Waals surface area contributed by atoms with Gasteiger partial charge in [-0.15, -0.1) is 0 Å². The summed E-state index contributed by atoms with van der Waals surface area (Å²) in [6, 6.07) is -0.318. The second-order valence-electron chi connectivity index (χ2n) is 3.24. The molecule has 0 heterocycles. The molecule has 0 aromatic carbocycles. The zero-order valence-corrected chi connectivity index (χ0v) is 7.34. The molecule has 0 fully saturated rings. The number of nitrogens with zero attached hydrogens (tertiary/aromatic N) is 1. The highest BCUT2D eigenvalue weighted by Crippen LogP contribution is 2.09. The van der Waals surface area contributed by atoms with E-state index in [0.29, 0.717) is 4.48 Å². The normalized spacial score (nSPS) is 18.6. The number of hydrogen-bond acceptors (Lipinski definition) is 2. The molecule has 0 amide bonds. The maximum Gasteiger partial charge on any atom is 0.182 e. The molecular weight excluding hydrogens is 154 g/mol. The van der Waals surface area contributed by atoms with Gasteiger partial charge < -0.3 is 14.7 Å². The molecule has 3 nitrogen and oxygen atoms in total. The Hall–Kier alpha value is 0.170. The predicted molar refractivity (Wildman–Crippen MR) is 40.8 cm³/mol. The van der Waals surface area contributed by atoms with E-state index in [9.17, 15) is 0 Å². The van der Waals surface area contributed by atoms with E-state index in [4.69, 9.17) is 21.8 Å². The standard InChI is InChI=1S/C6H15ClNO2/c1-8(2,3)5(4-9)6(7)10/h5-6,9-10H,4H2,1-3H3/q+1. The van der Waals surface area contributed by atoms with Crippen LogP contribution in [0.25, 0.3) is 0 Å². The van der Waals surface area contributed by atoms with Gasteiger partial charge in [-0.05, 0) is 0 Å². The monoisotopic (exact) mass is 168 g/mol. The van der Waals surface area contributed by atoms with E-state index in [1.807, 2.05) is 21.1 Å². The van der Waals surface area contributed by atoms with Gasteiger partial charge in [0.2, 0.25) is 0 Å². The first kappa shape index (κ1) is 10.2. The molecule has 0 bridgehead atoms. The van der Waals surface area contributed by atoms with Gasteiger partial charge in [0, 0.05) is 0 Å². The number of rotatable bonds is 3. The van der Waals surface area contributed by atoms with Crippen molar-refractivity contribution in [3.05, 3.63) is 0 Å². The van der Waals surface area contributed by atoms with Crippen LogP contribution >= 0.6 is 11.6 Å². The highest BCUT2D eigenvalue weighted by atomic mass is 35.5. The fraction of sp³-hybridized carbons (Fsp3) is 1.00. The number of aliphatic hydroxyl groups excluding tert-OH is 2. The van der Waals surface area contributed by atoms with Crippen molar-refractivity contribution in [1.29, 1.82) is 0 Å². The third-order valence-electron chi connectivity index (χ3n) is 1.50. The fourth-order valence-electron chi connectivity index (χ4n) is 0.701. The SMILES string of the molecule is C[N+](C)(C)C(CO)C(O)Cl. The summed E-state index contributed by atoms with van der Waals surface area (Å²) in [5.74, 6) is 0. The summed E-state index contributed by atoms with van der Waals surface area (Å²) in [4.78, 5) is 0. The molecule has 0 radical (unpaired) electrons. The number of hydrogen-bond donors (Lipinski definition) is 2. The lowest BCUT2D eigenvalue weighted by molar-refractivity contribution is -0.898. The topological polar surface area (TPSA) is 40.5 Å². The molecule has 0 aliphatic carbocycles. The summed E-state index contributed by atoms with van der Waals surface area (Å²) in [5.41, 5.74) is -0.981. The van der Waals surface area contributed by atoms with Crippen LogP contribution in [0.5, 0.6) is 0 Å². The van der Waals surface area contributed by atoms with Crippen LogP contribution in [0, 0.1) is 0 Å². The van der Waals surface area contributed by atoms with E-state index in [-0.39, 0.29) is 12.6 Å². The second-order valence-corrected chi connectivity index (χ2v) is 3.69. The molecule has 10 heavy (non-hydrogen) atoms. The Balaban J connectivity index is 4.07. The van der Waals surface area contributed by atoms with E-state index < -0.39 is 5.56 Å². The van der Waals surface area contributed by atoms with Gasteiger partial charge in [0.1, 0.15) is 0 Å². The fourth-order valence-corrected chi connectivity index (χ4v) is 1.12. The minimum atomic E-state index is -0.981. The summed E-state index contributed by atoms with van der Waals surface area (Å²) in [6.45, 7) is -0.103. The Kier molecular flexibility index (Phi) is 3.59. The van der Waals surface area contributed by atoms with Crippen molar-refractivity contribution in [2.75, 3.05) is 27.7 Å². The van der Waals surface area contributed by atoms with Crippen molar-refractivity contribution in [2.45, 2.75) is 11.6 Å². The summed E-state index contributed by atoms with van der Waals surface area (Å²) in [6.07, 6.45) is 0. The smallest absolute Gasteiger partial charge is 0.182 e. The third-order valence-corrected chi connectivity index (χ3v) is 1.79. The number of aliphatic hydroxyl groups is 2. The van der Waals surface area contributed by atoms with Gasteiger partial charge in [0.25, 0.3) is 0 Å². The number of alkyl halides is 1. The Morgan fingerprint density at radius 2 is 1.80 bits per heavy atom. The minimum Gasteiger partial charge on any atom is -0.390 e. The third kappa shape index (κ3) is 2.84. The molecule has 0 saturated heterocycles. The van der Waals surface area contributed by atoms with Crippen LogP contribution in [0.2, 0.25) is 0 Å². The first-order chi connectivity index (χ1) is 4.39. The molecule has 0 saturated carbocycles. The lowest BCUT2D eigenvalue weighted by atomic mass is 10.3. The Morgan fingerprint density at radius 1 is 1.40 bits per heavy atom. The van der Waals surface area contributed by atoms with Crippen LogP contribution in [0.1, 0.15) is 0 Å². The lowest BCUT2D eigenvalue weighted by Crippen LogP contribution is -2.52. The molecule has 2 unspecified atom stereocenters. The van der Waals surface area contributed by atoms with E-state index in [1.165, 1.54) is 0 Å². The van der Waals surface area contributed by atoms with E-state index in [0.717, 1.165) is 0 Å². The first-order valence-corrected chi connectivity index (χ1v) is 3.57. The number of likely N-dealkylation sites (N-methyl/N-ethyl adjacent to an activating group) is 1. The molecule has 0 aromatic heterocycles. The number of quaternary nitrogens is 1. The van der Waals surface area contributed by atoms with Crippen molar-refractivity contribution in [3.8, 4) is 0 Å². The van der Waals surface area contributed by atoms with Gasteiger partial charge in [-0.25, -0.2) is 0 Å². The van der Waals surface area contributed by atoms with Crippen molar-refractivity contribution in [3.63, 3.8) is 0 Å². The molecule has 62 valence electrons. The molecule has 0 spiro atoms. The van der Waals surface area contributed by atoms with Gasteiger partial charge >= 0.3 is 0 Å². The average Bonchev–Trinajstić information content (AvgIpc) is 1.60. The van der Waals surface area contributed by atoms with Crippen LogP contribution in [0.4, 0.5) is 0 Å². The van der Waals surface area contributed by atoms with E-state index in [1.54, 1.807) is 0 Å². The summed E-state index contributed by atoms with van der Waals surface area (Å²) in [5, 5.41) is 17.7. The van der Waals surface area contributed by atoms with Gasteiger partial charge in [-0.1, -0.05) is 11.6 Å². The Bertz CT molecular complexity index is 100. The Labute approximate surface area is 66.4 Å². The van der Waals surface area contributed by atoms with Crippen molar-refractivity contribution >= 4 is 11.6 Å². The van der Waals surface area contributed by atoms with Crippen LogP contribution in [-0.4, -0.2) is 54.1 Å². The predicted octanol–water partition coefficient (Wildman–Crippen LogP) is -0.389. The van der Waals surface area contributed by atoms with E-state index in [2.05, 4.69) is 0 Å². The first-order valence-electron chi connectivity index (χ1n) is 3.13. The zero-order chi connectivity index (χ0) is 8.36. The minimum absolute atomic E-state index is 0.103. The molecule has 0 aromatic rings. The summed E-state index contributed by atoms with van der Waals surface area (Å²) in [7, 11) is 5.60. The second kappa shape index (κ2) is 3.53. The maximum atomic E-state index is 8.94. The zero-order valence-electron chi connectivity index (χ0n) is 6.58. The van der Waals surface area contributed by atoms with Gasteiger partial charge in [-0.3, -0.25) is 0 Å². The van der Waals surface area contributed by atoms with Crippen LogP contribution in [0.3, 0.4) is 0 Å². The quantitative estimate of drug-likeness (QED) is 0.445. The van der Waals surface area contributed by atoms with Crippen molar-refractivity contribution in [1.82, 2.24) is 0 Å². The molecule has 0 rings (SSSR count). The van der Waals surface area contributed by atoms with Crippen LogP contribution < -0.4 is 0 Å². The van der Waals surface area contributed by atoms with Gasteiger partial charge in [0.05, 0.1) is 27.7 Å². The highest BCUT2D eigenvalue weighted by Gasteiger charge is 2.28. The maximum absolute atomic E-state index is 8.94. The van der Waals surface area contributed by atoms with Crippen molar-refractivity contribution < 1.29 is 14.7 Å². The van der Waals surface area contributed by atoms with E-state index >= 15 is 0 Å². The van der Waals surface area contributed by atoms with Gasteiger partial charge in [0.15, 0.2) is 11.6 Å². The summed E-state index contributed by atoms with van der Waals surface area (Å²) >= 11 is 5.41. The average molecular weight is 169 g/mol. The molecular formula is C6H15ClNO2+. The molecule has 0 aliphatic heterocycles. The Morgan fingerprint density at radius 3 is 1.80 bits per heavy atom. The largest absolute Gasteiger partial charge is 0.390 e. The number of halogens is 1. The molecule has 2 atom stereocenters. The lowest BCUT2D eigenvalue weighted by Gasteiger charge is -2.33. The highest BCUT2D eigenvalue weighted by molar-refractivity contribution is 6.19. The van der Waals surface area contributed by atoms with Crippen LogP contribution in [0.15, 0.2) is 0 Å². The van der Waals surface area contributed by atoms with Crippen molar-refractivity contribution in [2.24, 2.45) is 0 Å². The summed E-state index contributed by atoms with van der Waals surface area (Å²) < 4.78 is 0.459. The van der Waals surface area contributed by atoms with Crippen LogP contribution in [-0.2, 0) is 0 Å². The molecule has 2 N–H and O–H groups in total. The molecule has 0 aliphatic rings.